The standard InChI is InChI=1S/C20H19ClN4O3/c1-13-17(23-25(22-13)16-11-7-10-15(21)12-16)20(27)28-18(19(26)24(2)3)14-8-5-4-6-9-14/h4-12,18H,1-3H3/t18-/m0/s1. The molecule has 0 unspecified atom stereocenters. The molecule has 28 heavy (non-hydrogen) atoms. The van der Waals surface area contributed by atoms with E-state index >= 15 is 0 Å². The van der Waals surface area contributed by atoms with Gasteiger partial charge in [-0.3, -0.25) is 4.79 Å². The minimum atomic E-state index is -1.07. The lowest BCUT2D eigenvalue weighted by atomic mass is 10.1. The number of ether oxygens (including phenoxy) is 1. The average Bonchev–Trinajstić information content (AvgIpc) is 3.08. The Morgan fingerprint density at radius 1 is 1.07 bits per heavy atom. The quantitative estimate of drug-likeness (QED) is 0.617. The van der Waals surface area contributed by atoms with E-state index in [1.54, 1.807) is 69.6 Å². The van der Waals surface area contributed by atoms with Crippen LogP contribution in [0.3, 0.4) is 0 Å². The number of aromatic nitrogens is 3. The second kappa shape index (κ2) is 8.22. The molecule has 0 saturated heterocycles. The number of halogens is 1. The van der Waals surface area contributed by atoms with E-state index in [0.717, 1.165) is 0 Å². The molecule has 0 aliphatic heterocycles. The van der Waals surface area contributed by atoms with Crippen molar-refractivity contribution in [3.05, 3.63) is 76.6 Å². The molecule has 0 saturated carbocycles. The van der Waals surface area contributed by atoms with Crippen molar-refractivity contribution < 1.29 is 14.3 Å². The summed E-state index contributed by atoms with van der Waals surface area (Å²) in [6.45, 7) is 1.65. The number of nitrogens with zero attached hydrogens (tertiary/aromatic N) is 4. The lowest BCUT2D eigenvalue weighted by Crippen LogP contribution is -2.31. The molecule has 144 valence electrons. The van der Waals surface area contributed by atoms with Gasteiger partial charge in [0.2, 0.25) is 6.10 Å². The van der Waals surface area contributed by atoms with E-state index in [-0.39, 0.29) is 11.6 Å². The van der Waals surface area contributed by atoms with Crippen molar-refractivity contribution >= 4 is 23.5 Å². The summed E-state index contributed by atoms with van der Waals surface area (Å²) < 4.78 is 5.53. The van der Waals surface area contributed by atoms with Gasteiger partial charge in [-0.05, 0) is 25.1 Å². The normalized spacial score (nSPS) is 11.7. The zero-order chi connectivity index (χ0) is 20.3. The van der Waals surface area contributed by atoms with Crippen molar-refractivity contribution in [2.45, 2.75) is 13.0 Å². The van der Waals surface area contributed by atoms with Crippen molar-refractivity contribution in [1.82, 2.24) is 19.9 Å². The van der Waals surface area contributed by atoms with E-state index < -0.39 is 12.1 Å². The molecule has 0 aliphatic rings. The highest BCUT2D eigenvalue weighted by Crippen LogP contribution is 2.22. The molecular formula is C20H19ClN4O3. The van der Waals surface area contributed by atoms with Crippen LogP contribution in [0.2, 0.25) is 5.02 Å². The highest BCUT2D eigenvalue weighted by molar-refractivity contribution is 6.30. The van der Waals surface area contributed by atoms with Crippen molar-refractivity contribution in [3.63, 3.8) is 0 Å². The topological polar surface area (TPSA) is 77.3 Å². The molecule has 0 aliphatic carbocycles. The minimum Gasteiger partial charge on any atom is -0.442 e. The molecule has 2 aromatic carbocycles. The van der Waals surface area contributed by atoms with Crippen molar-refractivity contribution in [3.8, 4) is 5.69 Å². The Kier molecular flexibility index (Phi) is 5.75. The Morgan fingerprint density at radius 3 is 2.43 bits per heavy atom. The van der Waals surface area contributed by atoms with Gasteiger partial charge in [-0.1, -0.05) is 48.0 Å². The fraction of sp³-hybridized carbons (Fsp3) is 0.200. The number of hydrogen-bond acceptors (Lipinski definition) is 5. The third-order valence-corrected chi connectivity index (χ3v) is 4.24. The highest BCUT2D eigenvalue weighted by atomic mass is 35.5. The molecule has 0 fully saturated rings. The van der Waals surface area contributed by atoms with Gasteiger partial charge in [0, 0.05) is 24.7 Å². The van der Waals surface area contributed by atoms with Crippen molar-refractivity contribution in [2.75, 3.05) is 14.1 Å². The van der Waals surface area contributed by atoms with Crippen molar-refractivity contribution in [1.29, 1.82) is 0 Å². The minimum absolute atomic E-state index is 0.0347. The van der Waals surface area contributed by atoms with Crippen LogP contribution in [0.1, 0.15) is 27.8 Å². The largest absolute Gasteiger partial charge is 0.442 e. The summed E-state index contributed by atoms with van der Waals surface area (Å²) in [5.74, 6) is -1.07. The number of aryl methyl sites for hydroxylation is 1. The van der Waals surface area contributed by atoms with Crippen LogP contribution in [-0.4, -0.2) is 45.9 Å². The Labute approximate surface area is 167 Å². The van der Waals surface area contributed by atoms with Gasteiger partial charge in [-0.15, -0.1) is 5.10 Å². The molecule has 0 N–H and O–H groups in total. The number of hydrogen-bond donors (Lipinski definition) is 0. The van der Waals surface area contributed by atoms with E-state index in [9.17, 15) is 9.59 Å². The summed E-state index contributed by atoms with van der Waals surface area (Å²) in [4.78, 5) is 28.0. The van der Waals surface area contributed by atoms with Gasteiger partial charge in [0.25, 0.3) is 5.91 Å². The first-order valence-corrected chi connectivity index (χ1v) is 8.91. The van der Waals surface area contributed by atoms with Gasteiger partial charge in [0.05, 0.1) is 11.4 Å². The first kappa shape index (κ1) is 19.6. The van der Waals surface area contributed by atoms with Gasteiger partial charge in [0.15, 0.2) is 5.69 Å². The SMILES string of the molecule is Cc1nn(-c2cccc(Cl)c2)nc1C(=O)O[C@H](C(=O)N(C)C)c1ccccc1. The van der Waals surface area contributed by atoms with Crippen LogP contribution in [0.5, 0.6) is 0 Å². The molecule has 3 aromatic rings. The molecule has 0 bridgehead atoms. The second-order valence-electron chi connectivity index (χ2n) is 6.33. The summed E-state index contributed by atoms with van der Waals surface area (Å²) in [6, 6.07) is 15.8. The first-order chi connectivity index (χ1) is 13.4. The van der Waals surface area contributed by atoms with E-state index in [4.69, 9.17) is 16.3 Å². The van der Waals surface area contributed by atoms with Gasteiger partial charge >= 0.3 is 5.97 Å². The molecule has 1 aromatic heterocycles. The molecule has 8 heteroatoms. The predicted molar refractivity (Wildman–Crippen MR) is 104 cm³/mol. The number of benzene rings is 2. The van der Waals surface area contributed by atoms with Crippen LogP contribution in [0.15, 0.2) is 54.6 Å². The number of carbonyl (C=O) groups is 2. The van der Waals surface area contributed by atoms with E-state index in [1.165, 1.54) is 9.70 Å². The summed E-state index contributed by atoms with van der Waals surface area (Å²) >= 11 is 6.00. The molecule has 0 radical (unpaired) electrons. The first-order valence-electron chi connectivity index (χ1n) is 8.54. The number of carbonyl (C=O) groups excluding carboxylic acids is 2. The summed E-state index contributed by atoms with van der Waals surface area (Å²) in [5.41, 5.74) is 1.61. The Bertz CT molecular complexity index is 1000. The van der Waals surface area contributed by atoms with Crippen LogP contribution in [0, 0.1) is 6.92 Å². The van der Waals surface area contributed by atoms with E-state index in [0.29, 0.717) is 22.0 Å². The smallest absolute Gasteiger partial charge is 0.361 e. The van der Waals surface area contributed by atoms with Crippen LogP contribution in [0.4, 0.5) is 0 Å². The molecule has 1 amide bonds. The fourth-order valence-electron chi connectivity index (χ4n) is 2.57. The molecule has 0 spiro atoms. The van der Waals surface area contributed by atoms with E-state index in [2.05, 4.69) is 10.2 Å². The molecule has 3 rings (SSSR count). The Morgan fingerprint density at radius 2 is 1.79 bits per heavy atom. The van der Waals surface area contributed by atoms with Gasteiger partial charge in [0.1, 0.15) is 0 Å². The second-order valence-corrected chi connectivity index (χ2v) is 6.77. The van der Waals surface area contributed by atoms with Crippen LogP contribution in [0.25, 0.3) is 5.69 Å². The van der Waals surface area contributed by atoms with Gasteiger partial charge < -0.3 is 9.64 Å². The summed E-state index contributed by atoms with van der Waals surface area (Å²) in [5, 5.41) is 9.00. The maximum absolute atomic E-state index is 12.8. The van der Waals surface area contributed by atoms with Crippen LogP contribution < -0.4 is 0 Å². The molecule has 7 nitrogen and oxygen atoms in total. The fourth-order valence-corrected chi connectivity index (χ4v) is 2.75. The lowest BCUT2D eigenvalue weighted by Gasteiger charge is -2.20. The molecule has 1 heterocycles. The van der Waals surface area contributed by atoms with E-state index in [1.807, 2.05) is 6.07 Å². The maximum atomic E-state index is 12.8. The number of esters is 1. The average molecular weight is 399 g/mol. The zero-order valence-corrected chi connectivity index (χ0v) is 16.4. The zero-order valence-electron chi connectivity index (χ0n) is 15.7. The third kappa shape index (κ3) is 4.20. The van der Waals surface area contributed by atoms with Gasteiger partial charge in [-0.2, -0.15) is 9.90 Å². The number of likely N-dealkylation sites (N-methyl/N-ethyl adjacent to an activating group) is 1. The highest BCUT2D eigenvalue weighted by Gasteiger charge is 2.29. The lowest BCUT2D eigenvalue weighted by molar-refractivity contribution is -0.138. The number of rotatable bonds is 5. The Balaban J connectivity index is 1.89. The summed E-state index contributed by atoms with van der Waals surface area (Å²) in [6.07, 6.45) is -1.07. The third-order valence-electron chi connectivity index (χ3n) is 4.01. The maximum Gasteiger partial charge on any atom is 0.361 e. The van der Waals surface area contributed by atoms with Crippen LogP contribution >= 0.6 is 11.6 Å². The van der Waals surface area contributed by atoms with Crippen LogP contribution in [-0.2, 0) is 9.53 Å². The monoisotopic (exact) mass is 398 g/mol. The number of amides is 1. The predicted octanol–water partition coefficient (Wildman–Crippen LogP) is 3.22. The molecule has 1 atom stereocenters. The summed E-state index contributed by atoms with van der Waals surface area (Å²) in [7, 11) is 3.21. The molecular weight excluding hydrogens is 380 g/mol. The van der Waals surface area contributed by atoms with Gasteiger partial charge in [-0.25, -0.2) is 4.79 Å². The van der Waals surface area contributed by atoms with Crippen molar-refractivity contribution in [2.24, 2.45) is 0 Å². The Hall–Kier alpha value is -3.19.